The number of fused-ring (bicyclic) bond motifs is 2. The van der Waals surface area contributed by atoms with Gasteiger partial charge in [-0.05, 0) is 68.2 Å². The number of nitrogens with zero attached hydrogens (tertiary/aromatic N) is 2. The van der Waals surface area contributed by atoms with Crippen molar-refractivity contribution in [2.45, 2.75) is 31.2 Å². The molecule has 0 saturated heterocycles. The third-order valence-electron chi connectivity index (χ3n) is 6.13. The van der Waals surface area contributed by atoms with Gasteiger partial charge in [0.2, 0.25) is 5.76 Å². The fourth-order valence-electron chi connectivity index (χ4n) is 4.36. The Kier molecular flexibility index (Phi) is 6.93. The van der Waals surface area contributed by atoms with Gasteiger partial charge in [0.15, 0.2) is 5.43 Å². The van der Waals surface area contributed by atoms with Crippen LogP contribution in [0.3, 0.4) is 0 Å². The van der Waals surface area contributed by atoms with Crippen LogP contribution in [0.1, 0.15) is 48.0 Å². The van der Waals surface area contributed by atoms with Crippen molar-refractivity contribution >= 4 is 40.2 Å². The van der Waals surface area contributed by atoms with E-state index in [-0.39, 0.29) is 17.1 Å². The highest BCUT2D eigenvalue weighted by molar-refractivity contribution is 7.98. The number of hydrogen-bond acceptors (Lipinski definition) is 5. The first-order valence-electron chi connectivity index (χ1n) is 10.9. The van der Waals surface area contributed by atoms with Crippen molar-refractivity contribution in [3.8, 4) is 0 Å². The van der Waals surface area contributed by atoms with Crippen LogP contribution in [0.5, 0.6) is 0 Å². The van der Waals surface area contributed by atoms with Crippen LogP contribution < -0.4 is 5.43 Å². The molecule has 4 rings (SSSR count). The maximum absolute atomic E-state index is 13.5. The average molecular weight is 471 g/mol. The van der Waals surface area contributed by atoms with Gasteiger partial charge in [0, 0.05) is 16.5 Å². The van der Waals surface area contributed by atoms with Crippen LogP contribution in [0.15, 0.2) is 56.6 Å². The Morgan fingerprint density at radius 3 is 2.47 bits per heavy atom. The second-order valence-corrected chi connectivity index (χ2v) is 9.19. The Balaban J connectivity index is 1.79. The Morgan fingerprint density at radius 2 is 1.81 bits per heavy atom. The molecule has 0 fully saturated rings. The summed E-state index contributed by atoms with van der Waals surface area (Å²) in [5, 5.41) is 0.866. The summed E-state index contributed by atoms with van der Waals surface area (Å²) in [7, 11) is 0. The van der Waals surface area contributed by atoms with Gasteiger partial charge in [-0.3, -0.25) is 9.59 Å². The van der Waals surface area contributed by atoms with Crippen LogP contribution in [0, 0.1) is 0 Å². The summed E-state index contributed by atoms with van der Waals surface area (Å²) in [6.45, 7) is 7.65. The Labute approximate surface area is 197 Å². The molecule has 1 amide bonds. The molecule has 32 heavy (non-hydrogen) atoms. The van der Waals surface area contributed by atoms with E-state index in [1.807, 2.05) is 30.5 Å². The van der Waals surface area contributed by atoms with Gasteiger partial charge in [-0.1, -0.05) is 37.6 Å². The molecule has 7 heteroatoms. The molecule has 1 aromatic heterocycles. The zero-order chi connectivity index (χ0) is 22.8. The largest absolute Gasteiger partial charge is 0.450 e. The molecule has 0 radical (unpaired) electrons. The van der Waals surface area contributed by atoms with Crippen LogP contribution >= 0.6 is 23.4 Å². The highest BCUT2D eigenvalue weighted by Gasteiger charge is 2.42. The summed E-state index contributed by atoms with van der Waals surface area (Å²) in [4.78, 5) is 32.2. The lowest BCUT2D eigenvalue weighted by atomic mass is 9.98. The van der Waals surface area contributed by atoms with Gasteiger partial charge in [-0.15, -0.1) is 11.8 Å². The number of rotatable bonds is 8. The number of amides is 1. The van der Waals surface area contributed by atoms with Crippen molar-refractivity contribution in [2.75, 3.05) is 32.4 Å². The molecule has 0 unspecified atom stereocenters. The highest BCUT2D eigenvalue weighted by atomic mass is 35.5. The van der Waals surface area contributed by atoms with Crippen molar-refractivity contribution in [1.29, 1.82) is 0 Å². The molecular weight excluding hydrogens is 444 g/mol. The number of benzene rings is 2. The fourth-order valence-corrected chi connectivity index (χ4v) is 4.94. The second-order valence-electron chi connectivity index (χ2n) is 7.87. The summed E-state index contributed by atoms with van der Waals surface area (Å²) >= 11 is 7.80. The number of carbonyl (C=O) groups excluding carboxylic acids is 1. The molecule has 168 valence electrons. The molecule has 3 aromatic rings. The quantitative estimate of drug-likeness (QED) is 0.410. The summed E-state index contributed by atoms with van der Waals surface area (Å²) in [6.07, 6.45) is 2.84. The molecule has 2 aromatic carbocycles. The molecule has 0 bridgehead atoms. The molecule has 5 nitrogen and oxygen atoms in total. The van der Waals surface area contributed by atoms with Gasteiger partial charge in [0.1, 0.15) is 5.58 Å². The van der Waals surface area contributed by atoms with Gasteiger partial charge in [-0.25, -0.2) is 0 Å². The minimum absolute atomic E-state index is 0.145. The first-order valence-corrected chi connectivity index (χ1v) is 12.5. The van der Waals surface area contributed by atoms with Crippen molar-refractivity contribution in [3.63, 3.8) is 0 Å². The Morgan fingerprint density at radius 1 is 1.09 bits per heavy atom. The Hall–Kier alpha value is -2.28. The lowest BCUT2D eigenvalue weighted by Crippen LogP contribution is -2.33. The summed E-state index contributed by atoms with van der Waals surface area (Å²) in [5.74, 6) is -0.0842. The fraction of sp³-hybridized carbons (Fsp3) is 0.360. The lowest BCUT2D eigenvalue weighted by molar-refractivity contribution is 0.0720. The predicted octanol–water partition coefficient (Wildman–Crippen LogP) is 5.45. The van der Waals surface area contributed by atoms with E-state index in [0.29, 0.717) is 28.1 Å². The van der Waals surface area contributed by atoms with Crippen LogP contribution in [-0.4, -0.2) is 48.1 Å². The standard InChI is InChI=1S/C25H27ClN2O3S/c1-4-27(5-2)13-6-14-28-22(16-7-10-18(32-3)11-8-16)21-23(29)19-15-17(26)9-12-20(19)31-24(21)25(28)30/h7-12,15,22H,4-6,13-14H2,1-3H3/t22-/m1/s1. The number of thioether (sulfide) groups is 1. The van der Waals surface area contributed by atoms with Gasteiger partial charge in [-0.2, -0.15) is 0 Å². The van der Waals surface area contributed by atoms with Gasteiger partial charge in [0.25, 0.3) is 5.91 Å². The maximum atomic E-state index is 13.5. The van der Waals surface area contributed by atoms with E-state index in [1.165, 1.54) is 0 Å². The van der Waals surface area contributed by atoms with E-state index < -0.39 is 6.04 Å². The molecule has 0 spiro atoms. The van der Waals surface area contributed by atoms with Crippen LogP contribution in [-0.2, 0) is 0 Å². The zero-order valence-corrected chi connectivity index (χ0v) is 20.1. The minimum atomic E-state index is -0.468. The van der Waals surface area contributed by atoms with Crippen molar-refractivity contribution in [1.82, 2.24) is 9.80 Å². The monoisotopic (exact) mass is 470 g/mol. The van der Waals surface area contributed by atoms with Gasteiger partial charge < -0.3 is 14.2 Å². The first kappa shape index (κ1) is 22.9. The van der Waals surface area contributed by atoms with Crippen molar-refractivity contribution in [2.24, 2.45) is 0 Å². The van der Waals surface area contributed by atoms with Gasteiger partial charge >= 0.3 is 0 Å². The maximum Gasteiger partial charge on any atom is 0.290 e. The van der Waals surface area contributed by atoms with E-state index in [1.54, 1.807) is 34.9 Å². The number of carbonyl (C=O) groups is 1. The SMILES string of the molecule is CCN(CC)CCCN1C(=O)c2oc3ccc(Cl)cc3c(=O)c2[C@H]1c1ccc(SC)cc1. The number of hydrogen-bond donors (Lipinski definition) is 0. The van der Waals surface area contributed by atoms with Crippen LogP contribution in [0.4, 0.5) is 0 Å². The topological polar surface area (TPSA) is 53.8 Å². The molecule has 2 heterocycles. The van der Waals surface area contributed by atoms with E-state index >= 15 is 0 Å². The summed E-state index contributed by atoms with van der Waals surface area (Å²) in [6, 6.07) is 12.5. The van der Waals surface area contributed by atoms with Crippen LogP contribution in [0.2, 0.25) is 5.02 Å². The van der Waals surface area contributed by atoms with Gasteiger partial charge in [0.05, 0.1) is 17.0 Å². The molecule has 1 atom stereocenters. The molecule has 0 aliphatic carbocycles. The molecular formula is C25H27ClN2O3S. The smallest absolute Gasteiger partial charge is 0.290 e. The first-order chi connectivity index (χ1) is 15.5. The molecule has 0 N–H and O–H groups in total. The lowest BCUT2D eigenvalue weighted by Gasteiger charge is -2.26. The summed E-state index contributed by atoms with van der Waals surface area (Å²) < 4.78 is 5.98. The minimum Gasteiger partial charge on any atom is -0.450 e. The van der Waals surface area contributed by atoms with Crippen molar-refractivity contribution in [3.05, 3.63) is 74.6 Å². The zero-order valence-electron chi connectivity index (χ0n) is 18.6. The van der Waals surface area contributed by atoms with E-state index in [2.05, 4.69) is 18.7 Å². The molecule has 0 saturated carbocycles. The normalized spacial score (nSPS) is 15.7. The van der Waals surface area contributed by atoms with E-state index in [9.17, 15) is 9.59 Å². The molecule has 1 aliphatic heterocycles. The van der Waals surface area contributed by atoms with Crippen LogP contribution in [0.25, 0.3) is 11.0 Å². The number of halogens is 1. The van der Waals surface area contributed by atoms with E-state index in [0.717, 1.165) is 36.5 Å². The average Bonchev–Trinajstić information content (AvgIpc) is 3.09. The third-order valence-corrected chi connectivity index (χ3v) is 7.11. The summed E-state index contributed by atoms with van der Waals surface area (Å²) in [5.41, 5.74) is 1.51. The molecule has 1 aliphatic rings. The predicted molar refractivity (Wildman–Crippen MR) is 131 cm³/mol. The highest BCUT2D eigenvalue weighted by Crippen LogP contribution is 2.38. The Bertz CT molecular complexity index is 1190. The van der Waals surface area contributed by atoms with Crippen molar-refractivity contribution < 1.29 is 9.21 Å². The second kappa shape index (κ2) is 9.69. The third kappa shape index (κ3) is 4.19. The van der Waals surface area contributed by atoms with E-state index in [4.69, 9.17) is 16.0 Å².